The molecule has 1 aromatic heterocycles. The zero-order valence-electron chi connectivity index (χ0n) is 17.5. The van der Waals surface area contributed by atoms with E-state index >= 15 is 0 Å². The van der Waals surface area contributed by atoms with Crippen LogP contribution in [0.2, 0.25) is 0 Å². The molecule has 0 spiro atoms. The van der Waals surface area contributed by atoms with Gasteiger partial charge in [0.2, 0.25) is 5.91 Å². The smallest absolute Gasteiger partial charge is 0.223 e. The second-order valence-corrected chi connectivity index (χ2v) is 7.85. The minimum atomic E-state index is -0.226. The molecule has 0 N–H and O–H groups in total. The number of amides is 1. The zero-order chi connectivity index (χ0) is 21.1. The van der Waals surface area contributed by atoms with Crippen molar-refractivity contribution in [1.29, 1.82) is 0 Å². The number of anilines is 1. The second kappa shape index (κ2) is 8.69. The van der Waals surface area contributed by atoms with Crippen LogP contribution in [0.15, 0.2) is 54.6 Å². The van der Waals surface area contributed by atoms with Crippen molar-refractivity contribution in [3.8, 4) is 5.69 Å². The average molecular weight is 407 g/mol. The molecule has 1 aliphatic rings. The van der Waals surface area contributed by atoms with E-state index in [1.54, 1.807) is 12.1 Å². The van der Waals surface area contributed by atoms with Crippen LogP contribution in [-0.4, -0.2) is 46.8 Å². The molecule has 156 valence electrons. The molecule has 0 saturated carbocycles. The van der Waals surface area contributed by atoms with E-state index in [4.69, 9.17) is 0 Å². The second-order valence-electron chi connectivity index (χ2n) is 7.85. The van der Waals surface area contributed by atoms with Crippen molar-refractivity contribution >= 4 is 11.6 Å². The quantitative estimate of drug-likeness (QED) is 0.645. The molecule has 6 heteroatoms. The third-order valence-electron chi connectivity index (χ3n) is 5.64. The highest BCUT2D eigenvalue weighted by molar-refractivity contribution is 5.76. The van der Waals surface area contributed by atoms with E-state index < -0.39 is 0 Å². The van der Waals surface area contributed by atoms with Gasteiger partial charge in [0.05, 0.1) is 11.4 Å². The van der Waals surface area contributed by atoms with E-state index in [-0.39, 0.29) is 11.7 Å². The lowest BCUT2D eigenvalue weighted by molar-refractivity contribution is -0.131. The van der Waals surface area contributed by atoms with E-state index in [0.29, 0.717) is 19.5 Å². The number of piperazine rings is 1. The Balaban J connectivity index is 1.28. The largest absolute Gasteiger partial charge is 0.368 e. The zero-order valence-corrected chi connectivity index (χ0v) is 17.5. The first kappa shape index (κ1) is 20.1. The summed E-state index contributed by atoms with van der Waals surface area (Å²) in [7, 11) is 0. The van der Waals surface area contributed by atoms with Gasteiger partial charge >= 0.3 is 0 Å². The summed E-state index contributed by atoms with van der Waals surface area (Å²) < 4.78 is 15.0. The van der Waals surface area contributed by atoms with E-state index in [2.05, 4.69) is 40.3 Å². The number of hydrogen-bond acceptors (Lipinski definition) is 3. The fourth-order valence-electron chi connectivity index (χ4n) is 3.97. The minimum Gasteiger partial charge on any atom is -0.368 e. The van der Waals surface area contributed by atoms with Crippen LogP contribution in [0.4, 0.5) is 10.1 Å². The Bertz CT molecular complexity index is 1000. The van der Waals surface area contributed by atoms with Gasteiger partial charge in [0.25, 0.3) is 0 Å². The number of carbonyl (C=O) groups excluding carboxylic acids is 1. The molecule has 1 saturated heterocycles. The molecule has 4 rings (SSSR count). The Morgan fingerprint density at radius 1 is 0.933 bits per heavy atom. The number of nitrogens with zero attached hydrogens (tertiary/aromatic N) is 4. The summed E-state index contributed by atoms with van der Waals surface area (Å²) in [5, 5.41) is 4.51. The van der Waals surface area contributed by atoms with Gasteiger partial charge in [-0.25, -0.2) is 9.07 Å². The summed E-state index contributed by atoms with van der Waals surface area (Å²) in [6.45, 7) is 6.98. The molecule has 1 aliphatic heterocycles. The minimum absolute atomic E-state index is 0.191. The molecule has 1 fully saturated rings. The van der Waals surface area contributed by atoms with Crippen molar-refractivity contribution in [3.63, 3.8) is 0 Å². The fraction of sp³-hybridized carbons (Fsp3) is 0.333. The maximum Gasteiger partial charge on any atom is 0.223 e. The molecular formula is C24H27FN4O. The lowest BCUT2D eigenvalue weighted by Gasteiger charge is -2.36. The van der Waals surface area contributed by atoms with Gasteiger partial charge in [-0.15, -0.1) is 0 Å². The first-order valence-electron chi connectivity index (χ1n) is 10.4. The van der Waals surface area contributed by atoms with Crippen LogP contribution in [0.25, 0.3) is 5.69 Å². The van der Waals surface area contributed by atoms with Gasteiger partial charge in [-0.05, 0) is 68.3 Å². The number of aromatic nitrogens is 2. The molecular weight excluding hydrogens is 379 g/mol. The topological polar surface area (TPSA) is 41.4 Å². The van der Waals surface area contributed by atoms with E-state index in [0.717, 1.165) is 47.8 Å². The highest BCUT2D eigenvalue weighted by Gasteiger charge is 2.21. The summed E-state index contributed by atoms with van der Waals surface area (Å²) in [4.78, 5) is 16.8. The maximum absolute atomic E-state index is 13.1. The van der Waals surface area contributed by atoms with Gasteiger partial charge < -0.3 is 9.80 Å². The molecule has 5 nitrogen and oxygen atoms in total. The maximum atomic E-state index is 13.1. The van der Waals surface area contributed by atoms with Gasteiger partial charge in [-0.2, -0.15) is 5.10 Å². The predicted octanol–water partition coefficient (Wildman–Crippen LogP) is 3.91. The number of halogens is 1. The van der Waals surface area contributed by atoms with Crippen LogP contribution in [0.1, 0.15) is 23.4 Å². The van der Waals surface area contributed by atoms with Gasteiger partial charge in [0.1, 0.15) is 5.82 Å². The summed E-state index contributed by atoms with van der Waals surface area (Å²) in [5.74, 6) is -0.0353. The van der Waals surface area contributed by atoms with Crippen molar-refractivity contribution in [1.82, 2.24) is 14.7 Å². The van der Waals surface area contributed by atoms with E-state index in [1.807, 2.05) is 23.4 Å². The lowest BCUT2D eigenvalue weighted by atomic mass is 10.1. The van der Waals surface area contributed by atoms with Gasteiger partial charge in [0, 0.05) is 44.0 Å². The molecule has 3 aromatic rings. The molecule has 0 aliphatic carbocycles. The summed E-state index contributed by atoms with van der Waals surface area (Å²) >= 11 is 0. The van der Waals surface area contributed by atoms with Crippen LogP contribution in [0, 0.1) is 19.7 Å². The molecule has 30 heavy (non-hydrogen) atoms. The predicted molar refractivity (Wildman–Crippen MR) is 117 cm³/mol. The highest BCUT2D eigenvalue weighted by atomic mass is 19.1. The summed E-state index contributed by atoms with van der Waals surface area (Å²) in [6.07, 6.45) is 1.24. The molecule has 2 heterocycles. The molecule has 0 radical (unpaired) electrons. The number of rotatable bonds is 5. The molecule has 0 unspecified atom stereocenters. The lowest BCUT2D eigenvalue weighted by Crippen LogP contribution is -2.48. The standard InChI is InChI=1S/C24H27FN4O/c1-18-17-19(2)29(26-18)23-8-3-20(4-9-23)5-12-24(30)28-15-13-27(14-16-28)22-10-6-21(25)7-11-22/h3-4,6-11,17H,5,12-16H2,1-2H3. The first-order chi connectivity index (χ1) is 14.5. The van der Waals surface area contributed by atoms with Crippen molar-refractivity contribution in [3.05, 3.63) is 77.4 Å². The van der Waals surface area contributed by atoms with Gasteiger partial charge in [0.15, 0.2) is 0 Å². The van der Waals surface area contributed by atoms with Crippen LogP contribution < -0.4 is 4.90 Å². The number of benzene rings is 2. The number of carbonyl (C=O) groups is 1. The van der Waals surface area contributed by atoms with Gasteiger partial charge in [-0.1, -0.05) is 12.1 Å². The number of aryl methyl sites for hydroxylation is 3. The number of hydrogen-bond donors (Lipinski definition) is 0. The van der Waals surface area contributed by atoms with E-state index in [9.17, 15) is 9.18 Å². The first-order valence-corrected chi connectivity index (χ1v) is 10.4. The van der Waals surface area contributed by atoms with Crippen molar-refractivity contribution in [2.75, 3.05) is 31.1 Å². The van der Waals surface area contributed by atoms with Crippen molar-refractivity contribution < 1.29 is 9.18 Å². The Kier molecular flexibility index (Phi) is 5.84. The Morgan fingerprint density at radius 2 is 1.57 bits per heavy atom. The van der Waals surface area contributed by atoms with Crippen LogP contribution in [-0.2, 0) is 11.2 Å². The summed E-state index contributed by atoms with van der Waals surface area (Å²) in [6, 6.07) is 16.9. The van der Waals surface area contributed by atoms with Crippen molar-refractivity contribution in [2.24, 2.45) is 0 Å². The monoisotopic (exact) mass is 406 g/mol. The van der Waals surface area contributed by atoms with Crippen LogP contribution in [0.3, 0.4) is 0 Å². The van der Waals surface area contributed by atoms with Crippen LogP contribution in [0.5, 0.6) is 0 Å². The average Bonchev–Trinajstić information content (AvgIpc) is 3.11. The third kappa shape index (κ3) is 4.53. The fourth-order valence-corrected chi connectivity index (χ4v) is 3.97. The molecule has 2 aromatic carbocycles. The molecule has 0 bridgehead atoms. The van der Waals surface area contributed by atoms with Crippen molar-refractivity contribution in [2.45, 2.75) is 26.7 Å². The molecule has 0 atom stereocenters. The highest BCUT2D eigenvalue weighted by Crippen LogP contribution is 2.18. The summed E-state index contributed by atoms with van der Waals surface area (Å²) in [5.41, 5.74) is 5.30. The normalized spacial score (nSPS) is 14.2. The SMILES string of the molecule is Cc1cc(C)n(-c2ccc(CCC(=O)N3CCN(c4ccc(F)cc4)CC3)cc2)n1. The third-order valence-corrected chi connectivity index (χ3v) is 5.64. The Morgan fingerprint density at radius 3 is 2.17 bits per heavy atom. The Hall–Kier alpha value is -3.15. The molecule has 1 amide bonds. The van der Waals surface area contributed by atoms with Gasteiger partial charge in [-0.3, -0.25) is 4.79 Å². The Labute approximate surface area is 176 Å². The van der Waals surface area contributed by atoms with E-state index in [1.165, 1.54) is 12.1 Å². The van der Waals surface area contributed by atoms with Crippen LogP contribution >= 0.6 is 0 Å².